The molecule has 2 rings (SSSR count). The number of anilines is 1. The van der Waals surface area contributed by atoms with E-state index in [1.165, 1.54) is 0 Å². The molecular weight excluding hydrogens is 228 g/mol. The summed E-state index contributed by atoms with van der Waals surface area (Å²) in [5.74, 6) is 0.870. The first kappa shape index (κ1) is 12.9. The van der Waals surface area contributed by atoms with Gasteiger partial charge in [0.1, 0.15) is 5.75 Å². The first-order chi connectivity index (χ1) is 8.70. The van der Waals surface area contributed by atoms with E-state index >= 15 is 0 Å². The van der Waals surface area contributed by atoms with Crippen LogP contribution in [0.2, 0.25) is 0 Å². The number of methoxy groups -OCH3 is 1. The Balaban J connectivity index is 2.02. The summed E-state index contributed by atoms with van der Waals surface area (Å²) >= 11 is 0. The third-order valence-electron chi connectivity index (χ3n) is 3.36. The molecule has 1 aromatic carbocycles. The molecule has 1 fully saturated rings. The van der Waals surface area contributed by atoms with Crippen molar-refractivity contribution in [2.45, 2.75) is 12.8 Å². The van der Waals surface area contributed by atoms with Crippen molar-refractivity contribution < 1.29 is 9.53 Å². The fraction of sp³-hybridized carbons (Fsp3) is 0.500. The van der Waals surface area contributed by atoms with Gasteiger partial charge in [-0.15, -0.1) is 0 Å². The van der Waals surface area contributed by atoms with Crippen molar-refractivity contribution in [1.29, 1.82) is 0 Å². The van der Waals surface area contributed by atoms with Gasteiger partial charge in [-0.3, -0.25) is 4.79 Å². The molecule has 0 bridgehead atoms. The predicted octanol–water partition coefficient (Wildman–Crippen LogP) is 1.98. The summed E-state index contributed by atoms with van der Waals surface area (Å²) < 4.78 is 5.23. The van der Waals surface area contributed by atoms with Gasteiger partial charge >= 0.3 is 0 Å². The minimum absolute atomic E-state index is 0.0775. The number of carbonyl (C=O) groups is 1. The van der Waals surface area contributed by atoms with Crippen molar-refractivity contribution in [2.75, 3.05) is 32.6 Å². The number of rotatable bonds is 3. The highest BCUT2D eigenvalue weighted by molar-refractivity contribution is 5.94. The van der Waals surface area contributed by atoms with Crippen LogP contribution in [0.15, 0.2) is 24.3 Å². The van der Waals surface area contributed by atoms with E-state index < -0.39 is 0 Å². The van der Waals surface area contributed by atoms with Crippen molar-refractivity contribution in [3.63, 3.8) is 0 Å². The van der Waals surface area contributed by atoms with Crippen molar-refractivity contribution in [3.8, 4) is 5.75 Å². The van der Waals surface area contributed by atoms with Crippen LogP contribution in [0.1, 0.15) is 12.8 Å². The van der Waals surface area contributed by atoms with Crippen molar-refractivity contribution in [2.24, 2.45) is 5.92 Å². The van der Waals surface area contributed by atoms with Crippen LogP contribution in [0.5, 0.6) is 5.75 Å². The van der Waals surface area contributed by atoms with Crippen molar-refractivity contribution >= 4 is 11.6 Å². The van der Waals surface area contributed by atoms with Crippen molar-refractivity contribution in [3.05, 3.63) is 24.3 Å². The van der Waals surface area contributed by atoms with Crippen LogP contribution in [-0.2, 0) is 4.79 Å². The van der Waals surface area contributed by atoms with Gasteiger partial charge in [0.25, 0.3) is 0 Å². The highest BCUT2D eigenvalue weighted by atomic mass is 16.5. The average molecular weight is 248 g/mol. The predicted molar refractivity (Wildman–Crippen MR) is 71.8 cm³/mol. The van der Waals surface area contributed by atoms with E-state index in [1.807, 2.05) is 24.3 Å². The summed E-state index contributed by atoms with van der Waals surface area (Å²) in [4.78, 5) is 14.4. The second-order valence-electron chi connectivity index (χ2n) is 4.79. The molecule has 0 radical (unpaired) electrons. The first-order valence-electron chi connectivity index (χ1n) is 6.33. The molecule has 1 N–H and O–H groups in total. The van der Waals surface area contributed by atoms with Gasteiger partial charge in [0.2, 0.25) is 5.91 Å². The lowest BCUT2D eigenvalue weighted by Crippen LogP contribution is -2.38. The van der Waals surface area contributed by atoms with Gasteiger partial charge < -0.3 is 15.0 Å². The molecule has 98 valence electrons. The summed E-state index contributed by atoms with van der Waals surface area (Å²) in [5, 5.41) is 2.96. The van der Waals surface area contributed by atoms with Crippen LogP contribution in [0, 0.1) is 5.92 Å². The number of ether oxygens (including phenoxy) is 1. The summed E-state index contributed by atoms with van der Waals surface area (Å²) in [6.45, 7) is 1.92. The number of hydrogen-bond acceptors (Lipinski definition) is 3. The number of piperidine rings is 1. The van der Waals surface area contributed by atoms with Crippen LogP contribution in [-0.4, -0.2) is 38.1 Å². The Kier molecular flexibility index (Phi) is 4.20. The molecule has 1 heterocycles. The zero-order chi connectivity index (χ0) is 13.0. The SMILES string of the molecule is COc1ccccc1NC(=O)[C@H]1CCCN(C)C1. The average Bonchev–Trinajstić information content (AvgIpc) is 2.39. The summed E-state index contributed by atoms with van der Waals surface area (Å²) in [6.07, 6.45) is 2.05. The van der Waals surface area contributed by atoms with Gasteiger partial charge in [-0.25, -0.2) is 0 Å². The van der Waals surface area contributed by atoms with Crippen LogP contribution >= 0.6 is 0 Å². The number of nitrogens with zero attached hydrogens (tertiary/aromatic N) is 1. The van der Waals surface area contributed by atoms with E-state index in [9.17, 15) is 4.79 Å². The fourth-order valence-electron chi connectivity index (χ4n) is 2.36. The van der Waals surface area contributed by atoms with E-state index in [4.69, 9.17) is 4.74 Å². The maximum absolute atomic E-state index is 12.2. The third-order valence-corrected chi connectivity index (χ3v) is 3.36. The Hall–Kier alpha value is -1.55. The fourth-order valence-corrected chi connectivity index (χ4v) is 2.36. The van der Waals surface area contributed by atoms with Crippen molar-refractivity contribution in [1.82, 2.24) is 4.90 Å². The zero-order valence-corrected chi connectivity index (χ0v) is 11.0. The summed E-state index contributed by atoms with van der Waals surface area (Å²) in [6, 6.07) is 7.50. The molecule has 1 aliphatic rings. The molecule has 0 saturated carbocycles. The first-order valence-corrected chi connectivity index (χ1v) is 6.33. The lowest BCUT2D eigenvalue weighted by molar-refractivity contribution is -0.121. The minimum Gasteiger partial charge on any atom is -0.495 e. The number of nitrogens with one attached hydrogen (secondary N) is 1. The maximum atomic E-state index is 12.2. The Morgan fingerprint density at radius 3 is 2.94 bits per heavy atom. The molecule has 1 aliphatic heterocycles. The number of hydrogen-bond donors (Lipinski definition) is 1. The molecule has 1 atom stereocenters. The van der Waals surface area contributed by atoms with E-state index in [2.05, 4.69) is 17.3 Å². The number of likely N-dealkylation sites (tertiary alicyclic amines) is 1. The third kappa shape index (κ3) is 3.01. The quantitative estimate of drug-likeness (QED) is 0.889. The van der Waals surface area contributed by atoms with Gasteiger partial charge in [-0.1, -0.05) is 12.1 Å². The molecule has 4 heteroatoms. The van der Waals surface area contributed by atoms with Gasteiger partial charge in [-0.2, -0.15) is 0 Å². The molecule has 1 saturated heterocycles. The highest BCUT2D eigenvalue weighted by Gasteiger charge is 2.24. The molecule has 4 nitrogen and oxygen atoms in total. The number of para-hydroxylation sites is 2. The monoisotopic (exact) mass is 248 g/mol. The summed E-state index contributed by atoms with van der Waals surface area (Å²) in [5.41, 5.74) is 0.748. The molecule has 0 aromatic heterocycles. The Bertz CT molecular complexity index is 420. The molecule has 18 heavy (non-hydrogen) atoms. The molecule has 1 amide bonds. The maximum Gasteiger partial charge on any atom is 0.228 e. The van der Waals surface area contributed by atoms with E-state index in [0.717, 1.165) is 31.6 Å². The Labute approximate surface area is 108 Å². The zero-order valence-electron chi connectivity index (χ0n) is 11.0. The minimum atomic E-state index is 0.0775. The largest absolute Gasteiger partial charge is 0.495 e. The molecule has 0 aliphatic carbocycles. The van der Waals surface area contributed by atoms with Gasteiger partial charge in [0.15, 0.2) is 0 Å². The molecule has 1 aromatic rings. The second kappa shape index (κ2) is 5.87. The van der Waals surface area contributed by atoms with E-state index in [0.29, 0.717) is 5.75 Å². The van der Waals surface area contributed by atoms with Crippen LogP contribution in [0.4, 0.5) is 5.69 Å². The van der Waals surface area contributed by atoms with Gasteiger partial charge in [0.05, 0.1) is 18.7 Å². The molecular formula is C14H20N2O2. The van der Waals surface area contributed by atoms with Gasteiger partial charge in [0, 0.05) is 6.54 Å². The lowest BCUT2D eigenvalue weighted by atomic mass is 9.97. The number of carbonyl (C=O) groups excluding carboxylic acids is 1. The summed E-state index contributed by atoms with van der Waals surface area (Å²) in [7, 11) is 3.67. The Morgan fingerprint density at radius 1 is 1.44 bits per heavy atom. The standard InChI is InChI=1S/C14H20N2O2/c1-16-9-5-6-11(10-16)14(17)15-12-7-3-4-8-13(12)18-2/h3-4,7-8,11H,5-6,9-10H2,1-2H3,(H,15,17)/t11-/m0/s1. The van der Waals surface area contributed by atoms with Gasteiger partial charge in [-0.05, 0) is 38.6 Å². The Morgan fingerprint density at radius 2 is 2.22 bits per heavy atom. The second-order valence-corrected chi connectivity index (χ2v) is 4.79. The van der Waals surface area contributed by atoms with E-state index in [1.54, 1.807) is 7.11 Å². The molecule has 0 unspecified atom stereocenters. The smallest absolute Gasteiger partial charge is 0.228 e. The topological polar surface area (TPSA) is 41.6 Å². The van der Waals surface area contributed by atoms with Crippen LogP contribution in [0.3, 0.4) is 0 Å². The van der Waals surface area contributed by atoms with E-state index in [-0.39, 0.29) is 11.8 Å². The number of benzene rings is 1. The lowest BCUT2D eigenvalue weighted by Gasteiger charge is -2.28. The molecule has 0 spiro atoms. The van der Waals surface area contributed by atoms with Crippen LogP contribution < -0.4 is 10.1 Å². The normalized spacial score (nSPS) is 20.4. The number of amides is 1. The highest BCUT2D eigenvalue weighted by Crippen LogP contribution is 2.25. The van der Waals surface area contributed by atoms with Crippen LogP contribution in [0.25, 0.3) is 0 Å².